The van der Waals surface area contributed by atoms with Crippen LogP contribution in [0.25, 0.3) is 10.9 Å². The number of H-pyrrole nitrogens is 1. The van der Waals surface area contributed by atoms with Crippen molar-refractivity contribution in [3.05, 3.63) is 147 Å². The Balaban J connectivity index is 0.793. The van der Waals surface area contributed by atoms with Gasteiger partial charge in [0.2, 0.25) is 5.56 Å². The standard InChI is InChI=1S/C46H50N4O7/c51-39-16-14-37(38-15-17-42(53)48-43(38)39)40(52)27-47-26-31-6-8-32(9-7-31)29-56-30-33-10-12-35(13-11-33)44(54)50-24-20-46(21-25-50,36-4-2-1-3-5-36)45(55)57-41-28-49-22-18-34(41)19-23-49/h1-17,34,40-41,47,51-52H,18-30H2,(H,48,53)/t40?,41-/m0/s1. The van der Waals surface area contributed by atoms with Crippen LogP contribution in [0.2, 0.25) is 0 Å². The van der Waals surface area contributed by atoms with Crippen molar-refractivity contribution in [1.29, 1.82) is 0 Å². The number of pyridine rings is 1. The molecule has 4 N–H and O–H groups in total. The number of amides is 1. The van der Waals surface area contributed by atoms with E-state index in [1.54, 1.807) is 12.1 Å². The van der Waals surface area contributed by atoms with E-state index in [1.807, 2.05) is 83.8 Å². The monoisotopic (exact) mass is 770 g/mol. The van der Waals surface area contributed by atoms with Gasteiger partial charge in [0.1, 0.15) is 11.9 Å². The molecule has 1 unspecified atom stereocenters. The lowest BCUT2D eigenvalue weighted by molar-refractivity contribution is -0.167. The quantitative estimate of drug-likeness (QED) is 0.113. The second-order valence-corrected chi connectivity index (χ2v) is 15.8. The Morgan fingerprint density at radius 2 is 1.49 bits per heavy atom. The highest BCUT2D eigenvalue weighted by Crippen LogP contribution is 2.39. The minimum Gasteiger partial charge on any atom is -0.506 e. The van der Waals surface area contributed by atoms with Crippen LogP contribution in [0, 0.1) is 5.92 Å². The number of rotatable bonds is 13. The van der Waals surface area contributed by atoms with E-state index in [1.165, 1.54) is 12.1 Å². The number of benzene rings is 4. The number of hydrogen-bond donors (Lipinski definition) is 4. The molecule has 1 aromatic heterocycles. The van der Waals surface area contributed by atoms with Crippen molar-refractivity contribution in [3.63, 3.8) is 0 Å². The van der Waals surface area contributed by atoms with Gasteiger partial charge in [0, 0.05) is 49.7 Å². The lowest BCUT2D eigenvalue weighted by Crippen LogP contribution is -2.55. The average Bonchev–Trinajstić information content (AvgIpc) is 3.25. The number of carbonyl (C=O) groups excluding carboxylic acids is 2. The maximum Gasteiger partial charge on any atom is 0.317 e. The van der Waals surface area contributed by atoms with E-state index in [4.69, 9.17) is 9.47 Å². The second-order valence-electron chi connectivity index (χ2n) is 15.8. The number of piperidine rings is 4. The van der Waals surface area contributed by atoms with Crippen LogP contribution in [0.4, 0.5) is 0 Å². The summed E-state index contributed by atoms with van der Waals surface area (Å²) in [5, 5.41) is 24.8. The number of aliphatic hydroxyl groups excluding tert-OH is 1. The topological polar surface area (TPSA) is 144 Å². The molecule has 0 radical (unpaired) electrons. The number of aromatic hydroxyl groups is 1. The molecule has 11 heteroatoms. The van der Waals surface area contributed by atoms with Crippen molar-refractivity contribution >= 4 is 22.8 Å². The van der Waals surface area contributed by atoms with Gasteiger partial charge in [-0.25, -0.2) is 0 Å². The summed E-state index contributed by atoms with van der Waals surface area (Å²) in [7, 11) is 0. The van der Waals surface area contributed by atoms with Gasteiger partial charge in [-0.2, -0.15) is 0 Å². The van der Waals surface area contributed by atoms with E-state index in [0.29, 0.717) is 73.6 Å². The van der Waals surface area contributed by atoms with Gasteiger partial charge in [-0.05, 0) is 96.8 Å². The summed E-state index contributed by atoms with van der Waals surface area (Å²) in [5.41, 5.74) is 4.48. The molecule has 11 nitrogen and oxygen atoms in total. The third kappa shape index (κ3) is 8.52. The summed E-state index contributed by atoms with van der Waals surface area (Å²) < 4.78 is 12.3. The van der Waals surface area contributed by atoms with E-state index >= 15 is 0 Å². The highest BCUT2D eigenvalue weighted by atomic mass is 16.5. The summed E-state index contributed by atoms with van der Waals surface area (Å²) >= 11 is 0. The third-order valence-corrected chi connectivity index (χ3v) is 12.2. The maximum absolute atomic E-state index is 14.0. The molecule has 1 amide bonds. The smallest absolute Gasteiger partial charge is 0.317 e. The van der Waals surface area contributed by atoms with Crippen LogP contribution in [0.5, 0.6) is 5.75 Å². The summed E-state index contributed by atoms with van der Waals surface area (Å²) in [6.07, 6.45) is 2.34. The molecule has 4 aliphatic heterocycles. The van der Waals surface area contributed by atoms with Crippen molar-refractivity contribution in [2.24, 2.45) is 5.92 Å². The first-order valence-electron chi connectivity index (χ1n) is 20.0. The Morgan fingerprint density at radius 1 is 0.825 bits per heavy atom. The Labute approximate surface area is 332 Å². The fourth-order valence-corrected chi connectivity index (χ4v) is 8.73. The molecule has 2 bridgehead atoms. The van der Waals surface area contributed by atoms with Gasteiger partial charge in [-0.3, -0.25) is 19.3 Å². The van der Waals surface area contributed by atoms with Crippen molar-refractivity contribution < 1.29 is 29.3 Å². The molecule has 4 fully saturated rings. The molecule has 0 saturated carbocycles. The van der Waals surface area contributed by atoms with Gasteiger partial charge < -0.3 is 34.9 Å². The molecule has 57 heavy (non-hydrogen) atoms. The number of hydrogen-bond acceptors (Lipinski definition) is 9. The molecule has 4 aliphatic rings. The molecule has 4 aromatic carbocycles. The fraction of sp³-hybridized carbons (Fsp3) is 0.370. The number of nitrogens with one attached hydrogen (secondary N) is 2. The van der Waals surface area contributed by atoms with Gasteiger partial charge in [0.15, 0.2) is 0 Å². The van der Waals surface area contributed by atoms with Crippen molar-refractivity contribution in [1.82, 2.24) is 20.1 Å². The van der Waals surface area contributed by atoms with Gasteiger partial charge in [0.25, 0.3) is 5.91 Å². The Bertz CT molecular complexity index is 2230. The maximum atomic E-state index is 14.0. The number of nitrogens with zero attached hydrogens (tertiary/aromatic N) is 2. The summed E-state index contributed by atoms with van der Waals surface area (Å²) in [6, 6.07) is 31.7. The van der Waals surface area contributed by atoms with E-state index in [-0.39, 0.29) is 35.8 Å². The molecular formula is C46H50N4O7. The Morgan fingerprint density at radius 3 is 2.16 bits per heavy atom. The third-order valence-electron chi connectivity index (χ3n) is 12.2. The molecule has 5 heterocycles. The van der Waals surface area contributed by atoms with E-state index in [2.05, 4.69) is 15.2 Å². The van der Waals surface area contributed by atoms with E-state index in [0.717, 1.165) is 54.7 Å². The first kappa shape index (κ1) is 38.5. The highest BCUT2D eigenvalue weighted by Gasteiger charge is 2.47. The molecule has 9 rings (SSSR count). The molecule has 4 saturated heterocycles. The van der Waals surface area contributed by atoms with Crippen LogP contribution in [0.15, 0.2) is 108 Å². The molecular weight excluding hydrogens is 721 g/mol. The fourth-order valence-electron chi connectivity index (χ4n) is 8.73. The molecule has 2 atom stereocenters. The Hall–Kier alpha value is -5.33. The van der Waals surface area contributed by atoms with Crippen LogP contribution in [-0.2, 0) is 39.4 Å². The lowest BCUT2D eigenvalue weighted by atomic mass is 9.72. The zero-order valence-corrected chi connectivity index (χ0v) is 32.1. The number of likely N-dealkylation sites (tertiary alicyclic amines) is 1. The average molecular weight is 771 g/mol. The minimum atomic E-state index is -0.833. The van der Waals surface area contributed by atoms with Gasteiger partial charge >= 0.3 is 5.97 Å². The SMILES string of the molecule is O=C(c1ccc(COCc2ccc(CNCC(O)c3ccc(O)c4[nH]c(=O)ccc34)cc2)cc1)N1CCC(C(=O)O[C@H]2CN3CCC2CC3)(c2ccccc2)CC1. The van der Waals surface area contributed by atoms with Crippen LogP contribution in [0.1, 0.15) is 70.0 Å². The number of aromatic nitrogens is 1. The van der Waals surface area contributed by atoms with Crippen LogP contribution in [-0.4, -0.2) is 82.2 Å². The first-order chi connectivity index (χ1) is 27.8. The summed E-state index contributed by atoms with van der Waals surface area (Å²) in [5.74, 6) is 0.215. The van der Waals surface area contributed by atoms with Crippen LogP contribution >= 0.6 is 0 Å². The number of esters is 1. The first-order valence-corrected chi connectivity index (χ1v) is 20.0. The zero-order chi connectivity index (χ0) is 39.4. The predicted molar refractivity (Wildman–Crippen MR) is 217 cm³/mol. The van der Waals surface area contributed by atoms with Crippen molar-refractivity contribution in [2.45, 2.75) is 63.1 Å². The van der Waals surface area contributed by atoms with Crippen molar-refractivity contribution in [2.75, 3.05) is 39.3 Å². The van der Waals surface area contributed by atoms with Crippen molar-refractivity contribution in [3.8, 4) is 5.75 Å². The number of phenolic OH excluding ortho intramolecular Hbond substituents is 1. The zero-order valence-electron chi connectivity index (χ0n) is 32.1. The van der Waals surface area contributed by atoms with Crippen LogP contribution in [0.3, 0.4) is 0 Å². The van der Waals surface area contributed by atoms with Gasteiger partial charge in [-0.15, -0.1) is 0 Å². The predicted octanol–water partition coefficient (Wildman–Crippen LogP) is 5.59. The number of phenols is 1. The van der Waals surface area contributed by atoms with Gasteiger partial charge in [0.05, 0.1) is 30.2 Å². The normalized spacial score (nSPS) is 20.6. The lowest BCUT2D eigenvalue weighted by Gasteiger charge is -2.46. The largest absolute Gasteiger partial charge is 0.506 e. The number of aromatic amines is 1. The van der Waals surface area contributed by atoms with Crippen LogP contribution < -0.4 is 10.9 Å². The highest BCUT2D eigenvalue weighted by molar-refractivity contribution is 5.94. The summed E-state index contributed by atoms with van der Waals surface area (Å²) in [4.78, 5) is 46.2. The summed E-state index contributed by atoms with van der Waals surface area (Å²) in [6.45, 7) is 5.63. The Kier molecular flexibility index (Phi) is 11.5. The molecule has 5 aromatic rings. The van der Waals surface area contributed by atoms with Gasteiger partial charge in [-0.1, -0.05) is 72.8 Å². The molecule has 0 aliphatic carbocycles. The molecule has 0 spiro atoms. The number of carbonyl (C=O) groups is 2. The van der Waals surface area contributed by atoms with E-state index in [9.17, 15) is 24.6 Å². The second kappa shape index (κ2) is 17.0. The minimum absolute atomic E-state index is 0.0367. The molecule has 296 valence electrons. The van der Waals surface area contributed by atoms with E-state index < -0.39 is 11.5 Å². The number of fused-ring (bicyclic) bond motifs is 4. The number of aliphatic hydroxyl groups is 1. The number of ether oxygens (including phenoxy) is 2.